The molecule has 1 aromatic carbocycles. The lowest BCUT2D eigenvalue weighted by molar-refractivity contribution is 0.184. The molecule has 0 amide bonds. The molecule has 19 heavy (non-hydrogen) atoms. The molecule has 1 aliphatic carbocycles. The standard InChI is InChI=1S/C16H22N2O/c1-19-12-15-8-3-2-7-14(15)11-18-16-9-5-4-6-13(16)10-17/h2-3,7-8,13,16,18H,4-6,9,11-12H2,1H3. The van der Waals surface area contributed by atoms with Gasteiger partial charge < -0.3 is 10.1 Å². The van der Waals surface area contributed by atoms with Gasteiger partial charge in [-0.3, -0.25) is 0 Å². The second kappa shape index (κ2) is 7.28. The van der Waals surface area contributed by atoms with E-state index in [4.69, 9.17) is 4.74 Å². The van der Waals surface area contributed by atoms with E-state index in [0.717, 1.165) is 19.4 Å². The number of hydrogen-bond acceptors (Lipinski definition) is 3. The Labute approximate surface area is 115 Å². The van der Waals surface area contributed by atoms with Crippen molar-refractivity contribution in [2.75, 3.05) is 7.11 Å². The minimum atomic E-state index is 0.170. The van der Waals surface area contributed by atoms with Gasteiger partial charge in [-0.1, -0.05) is 37.1 Å². The van der Waals surface area contributed by atoms with E-state index < -0.39 is 0 Å². The van der Waals surface area contributed by atoms with Gasteiger partial charge in [0, 0.05) is 19.7 Å². The quantitative estimate of drug-likeness (QED) is 0.883. The van der Waals surface area contributed by atoms with Crippen LogP contribution in [0.3, 0.4) is 0 Å². The topological polar surface area (TPSA) is 45.0 Å². The Balaban J connectivity index is 1.96. The van der Waals surface area contributed by atoms with Crippen LogP contribution in [0.15, 0.2) is 24.3 Å². The Hall–Kier alpha value is -1.37. The maximum atomic E-state index is 9.19. The molecule has 0 aliphatic heterocycles. The number of rotatable bonds is 5. The van der Waals surface area contributed by atoms with Crippen molar-refractivity contribution < 1.29 is 4.74 Å². The van der Waals surface area contributed by atoms with Crippen LogP contribution in [0.2, 0.25) is 0 Å². The van der Waals surface area contributed by atoms with E-state index in [1.54, 1.807) is 7.11 Å². The van der Waals surface area contributed by atoms with Gasteiger partial charge in [0.05, 0.1) is 18.6 Å². The summed E-state index contributed by atoms with van der Waals surface area (Å²) >= 11 is 0. The first kappa shape index (κ1) is 14.0. The van der Waals surface area contributed by atoms with Crippen molar-refractivity contribution in [2.45, 2.75) is 44.9 Å². The molecule has 3 heteroatoms. The summed E-state index contributed by atoms with van der Waals surface area (Å²) in [5.74, 6) is 0.170. The third-order valence-electron chi connectivity index (χ3n) is 3.90. The summed E-state index contributed by atoms with van der Waals surface area (Å²) in [5, 5.41) is 12.7. The summed E-state index contributed by atoms with van der Waals surface area (Å²) in [4.78, 5) is 0. The lowest BCUT2D eigenvalue weighted by Gasteiger charge is -2.28. The molecule has 102 valence electrons. The number of nitrogens with zero attached hydrogens (tertiary/aromatic N) is 1. The number of hydrogen-bond donors (Lipinski definition) is 1. The van der Waals surface area contributed by atoms with Gasteiger partial charge in [0.2, 0.25) is 0 Å². The average molecular weight is 258 g/mol. The third-order valence-corrected chi connectivity index (χ3v) is 3.90. The normalized spacial score (nSPS) is 22.9. The molecular weight excluding hydrogens is 236 g/mol. The Kier molecular flexibility index (Phi) is 5.38. The average Bonchev–Trinajstić information content (AvgIpc) is 2.47. The summed E-state index contributed by atoms with van der Waals surface area (Å²) < 4.78 is 5.22. The molecule has 0 saturated heterocycles. The molecule has 2 atom stereocenters. The zero-order valence-electron chi connectivity index (χ0n) is 11.6. The van der Waals surface area contributed by atoms with Crippen LogP contribution in [0, 0.1) is 17.2 Å². The molecule has 1 fully saturated rings. The maximum Gasteiger partial charge on any atom is 0.0716 e. The maximum absolute atomic E-state index is 9.19. The van der Waals surface area contributed by atoms with Crippen molar-refractivity contribution in [3.8, 4) is 6.07 Å². The fourth-order valence-corrected chi connectivity index (χ4v) is 2.80. The van der Waals surface area contributed by atoms with Crippen LogP contribution in [0.25, 0.3) is 0 Å². The first-order valence-electron chi connectivity index (χ1n) is 7.04. The zero-order chi connectivity index (χ0) is 13.5. The molecule has 0 bridgehead atoms. The monoisotopic (exact) mass is 258 g/mol. The molecule has 1 aromatic rings. The Morgan fingerprint density at radius 2 is 2.00 bits per heavy atom. The van der Waals surface area contributed by atoms with Gasteiger partial charge in [-0.15, -0.1) is 0 Å². The fraction of sp³-hybridized carbons (Fsp3) is 0.562. The molecule has 0 radical (unpaired) electrons. The molecule has 3 nitrogen and oxygen atoms in total. The second-order valence-electron chi connectivity index (χ2n) is 5.21. The minimum Gasteiger partial charge on any atom is -0.380 e. The molecular formula is C16H22N2O. The van der Waals surface area contributed by atoms with E-state index in [2.05, 4.69) is 29.6 Å². The van der Waals surface area contributed by atoms with Crippen molar-refractivity contribution in [1.82, 2.24) is 5.32 Å². The van der Waals surface area contributed by atoms with Gasteiger partial charge in [-0.2, -0.15) is 5.26 Å². The zero-order valence-corrected chi connectivity index (χ0v) is 11.6. The van der Waals surface area contributed by atoms with Crippen LogP contribution in [0.1, 0.15) is 36.8 Å². The van der Waals surface area contributed by atoms with Crippen molar-refractivity contribution in [1.29, 1.82) is 5.26 Å². The summed E-state index contributed by atoms with van der Waals surface area (Å²) in [6.07, 6.45) is 4.57. The highest BCUT2D eigenvalue weighted by atomic mass is 16.5. The first-order chi connectivity index (χ1) is 9.35. The van der Waals surface area contributed by atoms with Crippen LogP contribution in [-0.2, 0) is 17.9 Å². The van der Waals surface area contributed by atoms with E-state index in [-0.39, 0.29) is 5.92 Å². The number of nitriles is 1. The summed E-state index contributed by atoms with van der Waals surface area (Å²) in [6, 6.07) is 11.1. The Morgan fingerprint density at radius 1 is 1.26 bits per heavy atom. The molecule has 0 aromatic heterocycles. The predicted molar refractivity (Wildman–Crippen MR) is 75.4 cm³/mol. The highest BCUT2D eigenvalue weighted by molar-refractivity contribution is 5.26. The van der Waals surface area contributed by atoms with Crippen molar-refractivity contribution in [3.63, 3.8) is 0 Å². The van der Waals surface area contributed by atoms with E-state index in [1.807, 2.05) is 6.07 Å². The summed E-state index contributed by atoms with van der Waals surface area (Å²) in [7, 11) is 1.72. The Bertz CT molecular complexity index is 439. The predicted octanol–water partition coefficient (Wildman–Crippen LogP) is 3.00. The molecule has 1 aliphatic rings. The molecule has 2 unspecified atom stereocenters. The molecule has 2 rings (SSSR count). The Morgan fingerprint density at radius 3 is 2.74 bits per heavy atom. The van der Waals surface area contributed by atoms with E-state index in [0.29, 0.717) is 12.6 Å². The van der Waals surface area contributed by atoms with Crippen LogP contribution >= 0.6 is 0 Å². The molecule has 1 N–H and O–H groups in total. The molecule has 0 spiro atoms. The third kappa shape index (κ3) is 3.79. The van der Waals surface area contributed by atoms with Crippen molar-refractivity contribution in [2.24, 2.45) is 5.92 Å². The van der Waals surface area contributed by atoms with Crippen LogP contribution in [-0.4, -0.2) is 13.2 Å². The SMILES string of the molecule is COCc1ccccc1CNC1CCCCC1C#N. The van der Waals surface area contributed by atoms with Crippen molar-refractivity contribution in [3.05, 3.63) is 35.4 Å². The van der Waals surface area contributed by atoms with Gasteiger partial charge >= 0.3 is 0 Å². The lowest BCUT2D eigenvalue weighted by atomic mass is 9.85. The van der Waals surface area contributed by atoms with E-state index in [1.165, 1.54) is 24.0 Å². The highest BCUT2D eigenvalue weighted by Gasteiger charge is 2.24. The smallest absolute Gasteiger partial charge is 0.0716 e. The summed E-state index contributed by atoms with van der Waals surface area (Å²) in [5.41, 5.74) is 2.49. The van der Waals surface area contributed by atoms with Crippen LogP contribution < -0.4 is 5.32 Å². The first-order valence-corrected chi connectivity index (χ1v) is 7.04. The van der Waals surface area contributed by atoms with E-state index >= 15 is 0 Å². The van der Waals surface area contributed by atoms with Crippen LogP contribution in [0.4, 0.5) is 0 Å². The van der Waals surface area contributed by atoms with Gasteiger partial charge in [0.25, 0.3) is 0 Å². The van der Waals surface area contributed by atoms with Gasteiger partial charge in [0.1, 0.15) is 0 Å². The number of methoxy groups -OCH3 is 1. The molecule has 0 heterocycles. The van der Waals surface area contributed by atoms with Crippen LogP contribution in [0.5, 0.6) is 0 Å². The summed E-state index contributed by atoms with van der Waals surface area (Å²) in [6.45, 7) is 1.46. The second-order valence-corrected chi connectivity index (χ2v) is 5.21. The molecule has 1 saturated carbocycles. The minimum absolute atomic E-state index is 0.170. The number of ether oxygens (including phenoxy) is 1. The fourth-order valence-electron chi connectivity index (χ4n) is 2.80. The van der Waals surface area contributed by atoms with Gasteiger partial charge in [-0.05, 0) is 24.0 Å². The van der Waals surface area contributed by atoms with Crippen molar-refractivity contribution >= 4 is 0 Å². The highest BCUT2D eigenvalue weighted by Crippen LogP contribution is 2.24. The van der Waals surface area contributed by atoms with Gasteiger partial charge in [0.15, 0.2) is 0 Å². The number of benzene rings is 1. The van der Waals surface area contributed by atoms with E-state index in [9.17, 15) is 5.26 Å². The van der Waals surface area contributed by atoms with Gasteiger partial charge in [-0.25, -0.2) is 0 Å². The number of nitrogens with one attached hydrogen (secondary N) is 1. The lowest BCUT2D eigenvalue weighted by Crippen LogP contribution is -2.37. The largest absolute Gasteiger partial charge is 0.380 e.